The molecule has 6 nitrogen and oxygen atoms in total. The lowest BCUT2D eigenvalue weighted by molar-refractivity contribution is -0.137. The van der Waals surface area contributed by atoms with Crippen molar-refractivity contribution in [3.8, 4) is 0 Å². The van der Waals surface area contributed by atoms with E-state index < -0.39 is 0 Å². The first-order valence-corrected chi connectivity index (χ1v) is 6.48. The average molecular weight is 271 g/mol. The highest BCUT2D eigenvalue weighted by atomic mass is 32.2. The molecule has 7 heteroatoms. The Morgan fingerprint density at radius 2 is 2.22 bits per heavy atom. The molecule has 0 aromatic carbocycles. The molecule has 1 aromatic rings. The SMILES string of the molecule is CCNc1cc(SCC(=O)OC)nc(COC)n1. The molecule has 1 aromatic heterocycles. The number of hydrogen-bond donors (Lipinski definition) is 1. The maximum atomic E-state index is 11.1. The Hall–Kier alpha value is -1.34. The Labute approximate surface area is 110 Å². The van der Waals surface area contributed by atoms with Gasteiger partial charge in [0.2, 0.25) is 0 Å². The lowest BCUT2D eigenvalue weighted by Crippen LogP contribution is -2.07. The molecular formula is C11H17N3O3S. The monoisotopic (exact) mass is 271 g/mol. The van der Waals surface area contributed by atoms with Crippen molar-refractivity contribution in [1.29, 1.82) is 0 Å². The van der Waals surface area contributed by atoms with Crippen LogP contribution in [0.15, 0.2) is 11.1 Å². The van der Waals surface area contributed by atoms with E-state index in [2.05, 4.69) is 20.0 Å². The van der Waals surface area contributed by atoms with Gasteiger partial charge in [-0.25, -0.2) is 9.97 Å². The summed E-state index contributed by atoms with van der Waals surface area (Å²) in [7, 11) is 2.95. The maximum absolute atomic E-state index is 11.1. The molecule has 1 heterocycles. The van der Waals surface area contributed by atoms with E-state index >= 15 is 0 Å². The van der Waals surface area contributed by atoms with Crippen molar-refractivity contribution < 1.29 is 14.3 Å². The van der Waals surface area contributed by atoms with Crippen LogP contribution in [0.4, 0.5) is 5.82 Å². The second kappa shape index (κ2) is 7.88. The molecule has 0 fully saturated rings. The molecule has 0 atom stereocenters. The lowest BCUT2D eigenvalue weighted by Gasteiger charge is -2.07. The Bertz CT molecular complexity index is 377. The van der Waals surface area contributed by atoms with Crippen molar-refractivity contribution in [2.24, 2.45) is 0 Å². The third-order valence-corrected chi connectivity index (χ3v) is 2.83. The molecule has 100 valence electrons. The van der Waals surface area contributed by atoms with Crippen LogP contribution in [0.5, 0.6) is 0 Å². The van der Waals surface area contributed by atoms with Crippen LogP contribution in [0, 0.1) is 0 Å². The summed E-state index contributed by atoms with van der Waals surface area (Å²) in [5.41, 5.74) is 0. The zero-order chi connectivity index (χ0) is 13.4. The van der Waals surface area contributed by atoms with Crippen molar-refractivity contribution in [2.45, 2.75) is 18.6 Å². The molecule has 0 radical (unpaired) electrons. The molecule has 1 rings (SSSR count). The highest BCUT2D eigenvalue weighted by Crippen LogP contribution is 2.19. The summed E-state index contributed by atoms with van der Waals surface area (Å²) in [6.45, 7) is 3.09. The number of esters is 1. The summed E-state index contributed by atoms with van der Waals surface area (Å²) in [5.74, 6) is 1.26. The van der Waals surface area contributed by atoms with E-state index in [1.54, 1.807) is 13.2 Å². The topological polar surface area (TPSA) is 73.3 Å². The van der Waals surface area contributed by atoms with Crippen LogP contribution in [-0.2, 0) is 20.9 Å². The van der Waals surface area contributed by atoms with Gasteiger partial charge in [0.05, 0.1) is 12.9 Å². The molecule has 0 spiro atoms. The Morgan fingerprint density at radius 3 is 2.83 bits per heavy atom. The predicted octanol–water partition coefficient (Wildman–Crippen LogP) is 1.32. The molecule has 0 bridgehead atoms. The van der Waals surface area contributed by atoms with Crippen LogP contribution in [-0.4, -0.2) is 42.5 Å². The summed E-state index contributed by atoms with van der Waals surface area (Å²) in [4.78, 5) is 19.7. The first kappa shape index (κ1) is 14.7. The molecular weight excluding hydrogens is 254 g/mol. The Balaban J connectivity index is 2.78. The first-order chi connectivity index (χ1) is 8.69. The molecule has 0 aliphatic rings. The summed E-state index contributed by atoms with van der Waals surface area (Å²) in [5, 5.41) is 3.83. The van der Waals surface area contributed by atoms with Crippen LogP contribution in [0.25, 0.3) is 0 Å². The Kier molecular flexibility index (Phi) is 6.45. The number of hydrogen-bond acceptors (Lipinski definition) is 7. The van der Waals surface area contributed by atoms with Crippen molar-refractivity contribution in [1.82, 2.24) is 9.97 Å². The number of anilines is 1. The van der Waals surface area contributed by atoms with Crippen LogP contribution in [0.2, 0.25) is 0 Å². The zero-order valence-electron chi connectivity index (χ0n) is 10.7. The lowest BCUT2D eigenvalue weighted by atomic mass is 10.5. The summed E-state index contributed by atoms with van der Waals surface area (Å²) in [6, 6.07) is 1.80. The molecule has 18 heavy (non-hydrogen) atoms. The minimum atomic E-state index is -0.281. The number of carbonyl (C=O) groups excluding carboxylic acids is 1. The molecule has 0 aliphatic carbocycles. The van der Waals surface area contributed by atoms with Gasteiger partial charge in [-0.1, -0.05) is 11.8 Å². The van der Waals surface area contributed by atoms with Gasteiger partial charge < -0.3 is 14.8 Å². The van der Waals surface area contributed by atoms with Gasteiger partial charge >= 0.3 is 5.97 Å². The van der Waals surface area contributed by atoms with E-state index in [-0.39, 0.29) is 11.7 Å². The number of rotatable bonds is 7. The van der Waals surface area contributed by atoms with E-state index in [9.17, 15) is 4.79 Å². The number of aromatic nitrogens is 2. The van der Waals surface area contributed by atoms with E-state index in [0.29, 0.717) is 12.4 Å². The van der Waals surface area contributed by atoms with Gasteiger partial charge in [0.25, 0.3) is 0 Å². The highest BCUT2D eigenvalue weighted by Gasteiger charge is 2.07. The van der Waals surface area contributed by atoms with Crippen LogP contribution in [0.3, 0.4) is 0 Å². The summed E-state index contributed by atoms with van der Waals surface area (Å²) >= 11 is 1.31. The van der Waals surface area contributed by atoms with Gasteiger partial charge in [0.1, 0.15) is 17.5 Å². The van der Waals surface area contributed by atoms with Gasteiger partial charge in [-0.05, 0) is 6.92 Å². The largest absolute Gasteiger partial charge is 0.468 e. The molecule has 1 N–H and O–H groups in total. The first-order valence-electron chi connectivity index (χ1n) is 5.50. The second-order valence-corrected chi connectivity index (χ2v) is 4.33. The number of nitrogens with zero attached hydrogens (tertiary/aromatic N) is 2. The van der Waals surface area contributed by atoms with Gasteiger partial charge in [0.15, 0.2) is 5.82 Å². The normalized spacial score (nSPS) is 10.2. The molecule has 0 saturated carbocycles. The van der Waals surface area contributed by atoms with Crippen LogP contribution >= 0.6 is 11.8 Å². The quantitative estimate of drug-likeness (QED) is 0.455. The highest BCUT2D eigenvalue weighted by molar-refractivity contribution is 7.99. The standard InChI is InChI=1S/C11H17N3O3S/c1-4-12-8-5-10(18-7-11(15)17-3)14-9(13-8)6-16-2/h5H,4,6-7H2,1-3H3,(H,12,13,14). The van der Waals surface area contributed by atoms with Gasteiger partial charge in [-0.15, -0.1) is 0 Å². The molecule has 0 saturated heterocycles. The third kappa shape index (κ3) is 4.89. The smallest absolute Gasteiger partial charge is 0.316 e. The number of ether oxygens (including phenoxy) is 2. The maximum Gasteiger partial charge on any atom is 0.316 e. The molecule has 0 unspecified atom stereocenters. The fourth-order valence-electron chi connectivity index (χ4n) is 1.20. The zero-order valence-corrected chi connectivity index (χ0v) is 11.5. The summed E-state index contributed by atoms with van der Waals surface area (Å²) in [6.07, 6.45) is 0. The second-order valence-electron chi connectivity index (χ2n) is 3.34. The van der Waals surface area contributed by atoms with E-state index in [0.717, 1.165) is 17.4 Å². The Morgan fingerprint density at radius 1 is 1.44 bits per heavy atom. The van der Waals surface area contributed by atoms with E-state index in [1.165, 1.54) is 18.9 Å². The van der Waals surface area contributed by atoms with Gasteiger partial charge in [0, 0.05) is 19.7 Å². The minimum absolute atomic E-state index is 0.228. The number of carbonyl (C=O) groups is 1. The van der Waals surface area contributed by atoms with E-state index in [1.807, 2.05) is 6.92 Å². The van der Waals surface area contributed by atoms with E-state index in [4.69, 9.17) is 4.74 Å². The van der Waals surface area contributed by atoms with Crippen LogP contribution in [0.1, 0.15) is 12.7 Å². The van der Waals surface area contributed by atoms with Crippen molar-refractivity contribution >= 4 is 23.5 Å². The van der Waals surface area contributed by atoms with Crippen LogP contribution < -0.4 is 5.32 Å². The number of thioether (sulfide) groups is 1. The van der Waals surface area contributed by atoms with Crippen molar-refractivity contribution in [3.05, 3.63) is 11.9 Å². The third-order valence-electron chi connectivity index (χ3n) is 1.95. The number of nitrogens with one attached hydrogen (secondary N) is 1. The fourth-order valence-corrected chi connectivity index (χ4v) is 1.95. The predicted molar refractivity (Wildman–Crippen MR) is 69.6 cm³/mol. The fraction of sp³-hybridized carbons (Fsp3) is 0.545. The summed E-state index contributed by atoms with van der Waals surface area (Å²) < 4.78 is 9.59. The minimum Gasteiger partial charge on any atom is -0.468 e. The average Bonchev–Trinajstić information content (AvgIpc) is 2.36. The van der Waals surface area contributed by atoms with Crippen molar-refractivity contribution in [2.75, 3.05) is 31.8 Å². The van der Waals surface area contributed by atoms with Gasteiger partial charge in [-0.3, -0.25) is 4.79 Å². The molecule has 0 amide bonds. The van der Waals surface area contributed by atoms with Gasteiger partial charge in [-0.2, -0.15) is 0 Å². The number of methoxy groups -OCH3 is 2. The van der Waals surface area contributed by atoms with Crippen molar-refractivity contribution in [3.63, 3.8) is 0 Å². The molecule has 0 aliphatic heterocycles.